The molecule has 0 heterocycles. The Hall–Kier alpha value is -2.28. The van der Waals surface area contributed by atoms with Gasteiger partial charge in [-0.05, 0) is 25.3 Å². The van der Waals surface area contributed by atoms with Gasteiger partial charge >= 0.3 is 0 Å². The molecule has 1 aromatic rings. The molecule has 0 aliphatic heterocycles. The Balaban J connectivity index is 2.37. The molecule has 0 unspecified atom stereocenters. The van der Waals surface area contributed by atoms with Crippen molar-refractivity contribution in [3.8, 4) is 6.07 Å². The molecule has 0 saturated heterocycles. The Labute approximate surface area is 126 Å². The van der Waals surface area contributed by atoms with Gasteiger partial charge in [0.1, 0.15) is 11.6 Å². The molecule has 0 radical (unpaired) electrons. The molecular weight excluding hydrogens is 262 g/mol. The zero-order valence-electron chi connectivity index (χ0n) is 12.8. The summed E-state index contributed by atoms with van der Waals surface area (Å²) in [6.07, 6.45) is 4.29. The van der Waals surface area contributed by atoms with Gasteiger partial charge in [0, 0.05) is 19.3 Å². The van der Waals surface area contributed by atoms with Crippen LogP contribution in [-0.4, -0.2) is 19.0 Å². The van der Waals surface area contributed by atoms with E-state index < -0.39 is 0 Å². The molecule has 1 rings (SSSR count). The van der Waals surface area contributed by atoms with Crippen LogP contribution in [0.4, 0.5) is 0 Å². The van der Waals surface area contributed by atoms with Crippen molar-refractivity contribution in [3.63, 3.8) is 0 Å². The van der Waals surface area contributed by atoms with E-state index in [2.05, 4.69) is 48.7 Å². The van der Waals surface area contributed by atoms with Gasteiger partial charge < -0.3 is 10.6 Å². The fourth-order valence-corrected chi connectivity index (χ4v) is 1.77. The number of carbonyl (C=O) groups excluding carboxylic acids is 1. The molecule has 0 saturated carbocycles. The first-order valence-electron chi connectivity index (χ1n) is 7.34. The Morgan fingerprint density at radius 3 is 2.62 bits per heavy atom. The van der Waals surface area contributed by atoms with Crippen LogP contribution in [0.1, 0.15) is 30.9 Å². The van der Waals surface area contributed by atoms with Gasteiger partial charge in [0.25, 0.3) is 5.91 Å². The lowest BCUT2D eigenvalue weighted by Crippen LogP contribution is -2.26. The number of benzene rings is 1. The minimum atomic E-state index is -0.311. The van der Waals surface area contributed by atoms with Gasteiger partial charge in [-0.3, -0.25) is 4.79 Å². The number of nitrogens with one attached hydrogen (secondary N) is 2. The number of hydrogen-bond acceptors (Lipinski definition) is 3. The number of amides is 1. The van der Waals surface area contributed by atoms with Crippen LogP contribution in [0.15, 0.2) is 36.0 Å². The summed E-state index contributed by atoms with van der Waals surface area (Å²) in [6.45, 7) is 5.41. The zero-order valence-corrected chi connectivity index (χ0v) is 12.8. The van der Waals surface area contributed by atoms with E-state index in [1.54, 1.807) is 0 Å². The maximum absolute atomic E-state index is 11.7. The Morgan fingerprint density at radius 1 is 1.29 bits per heavy atom. The van der Waals surface area contributed by atoms with Gasteiger partial charge in [-0.2, -0.15) is 5.26 Å². The molecule has 4 heteroatoms. The molecule has 0 aromatic heterocycles. The van der Waals surface area contributed by atoms with E-state index in [-0.39, 0.29) is 11.5 Å². The summed E-state index contributed by atoms with van der Waals surface area (Å²) in [4.78, 5) is 11.7. The van der Waals surface area contributed by atoms with E-state index in [0.717, 1.165) is 19.3 Å². The predicted molar refractivity (Wildman–Crippen MR) is 84.5 cm³/mol. The molecule has 1 amide bonds. The van der Waals surface area contributed by atoms with E-state index >= 15 is 0 Å². The Kier molecular flexibility index (Phi) is 7.67. The summed E-state index contributed by atoms with van der Waals surface area (Å²) >= 11 is 0. The molecule has 112 valence electrons. The minimum absolute atomic E-state index is 0.120. The third kappa shape index (κ3) is 6.62. The fourth-order valence-electron chi connectivity index (χ4n) is 1.77. The molecule has 4 nitrogen and oxygen atoms in total. The first kappa shape index (κ1) is 16.8. The lowest BCUT2D eigenvalue weighted by molar-refractivity contribution is -0.117. The first-order valence-corrected chi connectivity index (χ1v) is 7.34. The van der Waals surface area contributed by atoms with Crippen molar-refractivity contribution >= 4 is 5.91 Å². The predicted octanol–water partition coefficient (Wildman–Crippen LogP) is 2.45. The van der Waals surface area contributed by atoms with Crippen molar-refractivity contribution in [1.29, 1.82) is 5.26 Å². The third-order valence-corrected chi connectivity index (χ3v) is 3.11. The SMILES string of the molecule is CCCCNC(=O)/C(C#N)=C\NCCc1ccc(C)cc1. The molecule has 1 aromatic carbocycles. The average Bonchev–Trinajstić information content (AvgIpc) is 2.49. The van der Waals surface area contributed by atoms with E-state index in [4.69, 9.17) is 5.26 Å². The summed E-state index contributed by atoms with van der Waals surface area (Å²) in [5.74, 6) is -0.311. The van der Waals surface area contributed by atoms with E-state index in [1.165, 1.54) is 17.3 Å². The number of rotatable bonds is 8. The highest BCUT2D eigenvalue weighted by Gasteiger charge is 2.06. The Morgan fingerprint density at radius 2 is 2.00 bits per heavy atom. The van der Waals surface area contributed by atoms with Crippen molar-refractivity contribution < 1.29 is 4.79 Å². The van der Waals surface area contributed by atoms with Crippen LogP contribution >= 0.6 is 0 Å². The average molecular weight is 285 g/mol. The largest absolute Gasteiger partial charge is 0.389 e. The third-order valence-electron chi connectivity index (χ3n) is 3.11. The molecular formula is C17H23N3O. The summed E-state index contributed by atoms with van der Waals surface area (Å²) in [6, 6.07) is 10.2. The van der Waals surface area contributed by atoms with Crippen LogP contribution in [0.2, 0.25) is 0 Å². The van der Waals surface area contributed by atoms with Crippen LogP contribution in [0, 0.1) is 18.3 Å². The van der Waals surface area contributed by atoms with Crippen molar-refractivity contribution in [2.45, 2.75) is 33.1 Å². The van der Waals surface area contributed by atoms with Crippen LogP contribution in [0.25, 0.3) is 0 Å². The van der Waals surface area contributed by atoms with Crippen LogP contribution in [0.3, 0.4) is 0 Å². The van der Waals surface area contributed by atoms with Crippen LogP contribution in [0.5, 0.6) is 0 Å². The van der Waals surface area contributed by atoms with Gasteiger partial charge in [0.15, 0.2) is 0 Å². The molecule has 0 spiro atoms. The second kappa shape index (κ2) is 9.60. The maximum atomic E-state index is 11.7. The second-order valence-corrected chi connectivity index (χ2v) is 4.97. The molecule has 0 aliphatic rings. The zero-order chi connectivity index (χ0) is 15.5. The summed E-state index contributed by atoms with van der Waals surface area (Å²) in [5, 5.41) is 14.7. The van der Waals surface area contributed by atoms with E-state index in [0.29, 0.717) is 13.1 Å². The molecule has 0 aliphatic carbocycles. The number of carbonyl (C=O) groups is 1. The number of nitrogens with zero attached hydrogens (tertiary/aromatic N) is 1. The van der Waals surface area contributed by atoms with Crippen molar-refractivity contribution in [1.82, 2.24) is 10.6 Å². The number of unbranched alkanes of at least 4 members (excludes halogenated alkanes) is 1. The van der Waals surface area contributed by atoms with Crippen LogP contribution in [-0.2, 0) is 11.2 Å². The molecule has 0 atom stereocenters. The van der Waals surface area contributed by atoms with Gasteiger partial charge in [-0.1, -0.05) is 43.2 Å². The smallest absolute Gasteiger partial charge is 0.263 e. The number of nitriles is 1. The quantitative estimate of drug-likeness (QED) is 0.438. The fraction of sp³-hybridized carbons (Fsp3) is 0.412. The first-order chi connectivity index (χ1) is 10.2. The summed E-state index contributed by atoms with van der Waals surface area (Å²) < 4.78 is 0. The molecule has 0 bridgehead atoms. The monoisotopic (exact) mass is 285 g/mol. The summed E-state index contributed by atoms with van der Waals surface area (Å²) in [7, 11) is 0. The highest BCUT2D eigenvalue weighted by Crippen LogP contribution is 2.03. The van der Waals surface area contributed by atoms with Gasteiger partial charge in [0.2, 0.25) is 0 Å². The van der Waals surface area contributed by atoms with Crippen molar-refractivity contribution in [2.24, 2.45) is 0 Å². The van der Waals surface area contributed by atoms with E-state index in [9.17, 15) is 4.79 Å². The lowest BCUT2D eigenvalue weighted by atomic mass is 10.1. The lowest BCUT2D eigenvalue weighted by Gasteiger charge is -2.05. The molecule has 21 heavy (non-hydrogen) atoms. The van der Waals surface area contributed by atoms with Gasteiger partial charge in [-0.15, -0.1) is 0 Å². The summed E-state index contributed by atoms with van der Waals surface area (Å²) in [5.41, 5.74) is 2.59. The molecule has 0 fully saturated rings. The van der Waals surface area contributed by atoms with Crippen LogP contribution < -0.4 is 10.6 Å². The van der Waals surface area contributed by atoms with Gasteiger partial charge in [0.05, 0.1) is 0 Å². The Bertz CT molecular complexity index is 512. The van der Waals surface area contributed by atoms with Gasteiger partial charge in [-0.25, -0.2) is 0 Å². The highest BCUT2D eigenvalue weighted by atomic mass is 16.1. The number of aryl methyl sites for hydroxylation is 1. The molecule has 2 N–H and O–H groups in total. The van der Waals surface area contributed by atoms with E-state index in [1.807, 2.05) is 6.07 Å². The second-order valence-electron chi connectivity index (χ2n) is 4.97. The highest BCUT2D eigenvalue weighted by molar-refractivity contribution is 5.97. The number of hydrogen-bond donors (Lipinski definition) is 2. The normalized spacial score (nSPS) is 10.8. The maximum Gasteiger partial charge on any atom is 0.263 e. The van der Waals surface area contributed by atoms with Crippen molar-refractivity contribution in [2.75, 3.05) is 13.1 Å². The topological polar surface area (TPSA) is 64.9 Å². The minimum Gasteiger partial charge on any atom is -0.389 e. The standard InChI is InChI=1S/C17H23N3O/c1-3-4-10-20-17(21)16(12-18)13-19-11-9-15-7-5-14(2)6-8-15/h5-8,13,19H,3-4,9-11H2,1-2H3,(H,20,21)/b16-13-. The van der Waals surface area contributed by atoms with Crippen molar-refractivity contribution in [3.05, 3.63) is 47.2 Å².